The minimum atomic E-state index is 0.0229. The summed E-state index contributed by atoms with van der Waals surface area (Å²) in [6.07, 6.45) is 5.85. The Morgan fingerprint density at radius 2 is 1.91 bits per heavy atom. The van der Waals surface area contributed by atoms with Crippen molar-refractivity contribution >= 4 is 5.97 Å². The van der Waals surface area contributed by atoms with E-state index in [9.17, 15) is 4.79 Å². The van der Waals surface area contributed by atoms with E-state index in [-0.39, 0.29) is 23.4 Å². The van der Waals surface area contributed by atoms with Gasteiger partial charge in [0.05, 0.1) is 5.92 Å². The topological polar surface area (TPSA) is 51.2 Å². The van der Waals surface area contributed by atoms with E-state index < -0.39 is 0 Å². The molecule has 2 aliphatic carbocycles. The maximum atomic E-state index is 12.9. The van der Waals surface area contributed by atoms with Crippen molar-refractivity contribution < 1.29 is 19.0 Å². The highest BCUT2D eigenvalue weighted by Crippen LogP contribution is 2.57. The summed E-state index contributed by atoms with van der Waals surface area (Å²) in [5, 5.41) is 0. The van der Waals surface area contributed by atoms with Crippen LogP contribution in [-0.4, -0.2) is 61.4 Å². The molecule has 0 unspecified atom stereocenters. The standard InChI is InChI=1S/C27H36N2O4/c1-18-4-3-7-27(2)14-25-20(13-22(18)27)21(26(30)33-25)16-29-10-8-28(9-11-29)15-19-5-6-23-24(12-19)32-17-31-23/h5-6,12,20-22,25H,1,3-4,7-11,13-17H2,2H3/t20-,21+,22-,25-,27-/m1/s1. The highest BCUT2D eigenvalue weighted by molar-refractivity contribution is 5.75. The van der Waals surface area contributed by atoms with Gasteiger partial charge in [-0.15, -0.1) is 0 Å². The molecule has 1 aromatic carbocycles. The lowest BCUT2D eigenvalue weighted by atomic mass is 9.55. The van der Waals surface area contributed by atoms with Gasteiger partial charge in [0.15, 0.2) is 11.5 Å². The average Bonchev–Trinajstić information content (AvgIpc) is 3.37. The number of hydrogen-bond acceptors (Lipinski definition) is 6. The van der Waals surface area contributed by atoms with Crippen molar-refractivity contribution in [2.24, 2.45) is 23.2 Å². The number of fused-ring (bicyclic) bond motifs is 3. The molecule has 2 saturated carbocycles. The summed E-state index contributed by atoms with van der Waals surface area (Å²) in [6, 6.07) is 6.23. The maximum Gasteiger partial charge on any atom is 0.310 e. The third-order valence-electron chi connectivity index (χ3n) is 9.08. The first-order valence-electron chi connectivity index (χ1n) is 12.7. The number of benzene rings is 1. The third kappa shape index (κ3) is 3.95. The van der Waals surface area contributed by atoms with Gasteiger partial charge in [-0.25, -0.2) is 0 Å². The first kappa shape index (κ1) is 21.5. The summed E-state index contributed by atoms with van der Waals surface area (Å²) >= 11 is 0. The summed E-state index contributed by atoms with van der Waals surface area (Å²) < 4.78 is 16.9. The first-order chi connectivity index (χ1) is 16.0. The minimum Gasteiger partial charge on any atom is -0.462 e. The fraction of sp³-hybridized carbons (Fsp3) is 0.667. The summed E-state index contributed by atoms with van der Waals surface area (Å²) in [5.74, 6) is 2.67. The summed E-state index contributed by atoms with van der Waals surface area (Å²) in [6.45, 7) is 12.9. The number of hydrogen-bond donors (Lipinski definition) is 0. The smallest absolute Gasteiger partial charge is 0.310 e. The predicted molar refractivity (Wildman–Crippen MR) is 125 cm³/mol. The number of allylic oxidation sites excluding steroid dienone is 1. The zero-order valence-corrected chi connectivity index (χ0v) is 19.8. The molecule has 4 fully saturated rings. The highest BCUT2D eigenvalue weighted by Gasteiger charge is 2.55. The Balaban J connectivity index is 1.05. The van der Waals surface area contributed by atoms with Gasteiger partial charge in [0.2, 0.25) is 6.79 Å². The van der Waals surface area contributed by atoms with Crippen LogP contribution in [0.2, 0.25) is 0 Å². The molecule has 2 saturated heterocycles. The molecule has 0 N–H and O–H groups in total. The van der Waals surface area contributed by atoms with E-state index in [1.807, 2.05) is 6.07 Å². The number of piperazine rings is 1. The van der Waals surface area contributed by atoms with E-state index >= 15 is 0 Å². The molecule has 1 aromatic rings. The molecule has 6 nitrogen and oxygen atoms in total. The van der Waals surface area contributed by atoms with Crippen LogP contribution in [0.4, 0.5) is 0 Å². The lowest BCUT2D eigenvalue weighted by molar-refractivity contribution is -0.146. The SMILES string of the molecule is C=C1CCC[C@]2(C)C[C@H]3OC(=O)[C@@H](CN4CCN(Cc5ccc6c(c5)OCO6)CC4)[C@H]3C[C@H]12. The minimum absolute atomic E-state index is 0.0229. The van der Waals surface area contributed by atoms with Gasteiger partial charge in [-0.1, -0.05) is 25.1 Å². The van der Waals surface area contributed by atoms with E-state index in [2.05, 4.69) is 35.4 Å². The zero-order valence-electron chi connectivity index (χ0n) is 19.8. The summed E-state index contributed by atoms with van der Waals surface area (Å²) in [7, 11) is 0. The molecule has 0 amide bonds. The van der Waals surface area contributed by atoms with Gasteiger partial charge in [0.1, 0.15) is 6.10 Å². The quantitative estimate of drug-likeness (QED) is 0.511. The van der Waals surface area contributed by atoms with Crippen molar-refractivity contribution in [1.82, 2.24) is 9.80 Å². The number of rotatable bonds is 4. The van der Waals surface area contributed by atoms with Crippen molar-refractivity contribution in [2.75, 3.05) is 39.5 Å². The first-order valence-corrected chi connectivity index (χ1v) is 12.7. The van der Waals surface area contributed by atoms with Crippen LogP contribution in [0.25, 0.3) is 0 Å². The molecule has 0 radical (unpaired) electrons. The predicted octanol–water partition coefficient (Wildman–Crippen LogP) is 3.85. The second-order valence-electron chi connectivity index (χ2n) is 11.2. The van der Waals surface area contributed by atoms with E-state index in [0.717, 1.165) is 70.0 Å². The molecule has 6 rings (SSSR count). The fourth-order valence-corrected chi connectivity index (χ4v) is 7.17. The number of nitrogens with zero attached hydrogens (tertiary/aromatic N) is 2. The largest absolute Gasteiger partial charge is 0.462 e. The molecule has 5 atom stereocenters. The van der Waals surface area contributed by atoms with Crippen LogP contribution >= 0.6 is 0 Å². The van der Waals surface area contributed by atoms with Gasteiger partial charge < -0.3 is 14.2 Å². The maximum absolute atomic E-state index is 12.9. The van der Waals surface area contributed by atoms with Crippen LogP contribution in [-0.2, 0) is 16.1 Å². The summed E-state index contributed by atoms with van der Waals surface area (Å²) in [5.41, 5.74) is 2.94. The molecular weight excluding hydrogens is 416 g/mol. The number of carbonyl (C=O) groups excluding carboxylic acids is 1. The molecule has 33 heavy (non-hydrogen) atoms. The van der Waals surface area contributed by atoms with Gasteiger partial charge in [-0.3, -0.25) is 14.6 Å². The zero-order chi connectivity index (χ0) is 22.6. The van der Waals surface area contributed by atoms with E-state index in [1.54, 1.807) is 0 Å². The van der Waals surface area contributed by atoms with Crippen LogP contribution in [0.1, 0.15) is 44.6 Å². The Kier molecular flexibility index (Phi) is 5.41. The second-order valence-corrected chi connectivity index (χ2v) is 11.2. The molecule has 0 bridgehead atoms. The Labute approximate surface area is 196 Å². The van der Waals surface area contributed by atoms with Crippen LogP contribution in [0.5, 0.6) is 11.5 Å². The van der Waals surface area contributed by atoms with Crippen molar-refractivity contribution in [3.63, 3.8) is 0 Å². The Bertz CT molecular complexity index is 940. The second kappa shape index (κ2) is 8.31. The molecule has 6 heteroatoms. The molecular formula is C27H36N2O4. The van der Waals surface area contributed by atoms with Gasteiger partial charge in [0, 0.05) is 45.2 Å². The van der Waals surface area contributed by atoms with Gasteiger partial charge >= 0.3 is 5.97 Å². The van der Waals surface area contributed by atoms with E-state index in [4.69, 9.17) is 14.2 Å². The average molecular weight is 453 g/mol. The molecule has 0 aromatic heterocycles. The highest BCUT2D eigenvalue weighted by atomic mass is 16.7. The molecule has 0 spiro atoms. The Morgan fingerprint density at radius 1 is 1.12 bits per heavy atom. The Morgan fingerprint density at radius 3 is 2.76 bits per heavy atom. The number of esters is 1. The lowest BCUT2D eigenvalue weighted by Crippen LogP contribution is -2.49. The van der Waals surface area contributed by atoms with E-state index in [0.29, 0.717) is 18.6 Å². The molecule has 3 heterocycles. The van der Waals surface area contributed by atoms with Crippen molar-refractivity contribution in [3.05, 3.63) is 35.9 Å². The van der Waals surface area contributed by atoms with Gasteiger partial charge in [0.25, 0.3) is 0 Å². The summed E-state index contributed by atoms with van der Waals surface area (Å²) in [4.78, 5) is 17.9. The lowest BCUT2D eigenvalue weighted by Gasteiger charge is -2.50. The number of ether oxygens (including phenoxy) is 3. The molecule has 3 aliphatic heterocycles. The van der Waals surface area contributed by atoms with E-state index in [1.165, 1.54) is 24.0 Å². The monoisotopic (exact) mass is 452 g/mol. The van der Waals surface area contributed by atoms with Crippen molar-refractivity contribution in [3.8, 4) is 11.5 Å². The number of carbonyl (C=O) groups is 1. The molecule has 178 valence electrons. The van der Waals surface area contributed by atoms with Gasteiger partial charge in [-0.2, -0.15) is 0 Å². The van der Waals surface area contributed by atoms with Gasteiger partial charge in [-0.05, 0) is 61.1 Å². The van der Waals surface area contributed by atoms with Crippen molar-refractivity contribution in [1.29, 1.82) is 0 Å². The third-order valence-corrected chi connectivity index (χ3v) is 9.08. The van der Waals surface area contributed by atoms with Crippen LogP contribution in [0.15, 0.2) is 30.4 Å². The Hall–Kier alpha value is -2.05. The molecule has 5 aliphatic rings. The normalized spacial score (nSPS) is 36.4. The van der Waals surface area contributed by atoms with Crippen molar-refractivity contribution in [2.45, 2.75) is 51.7 Å². The van der Waals surface area contributed by atoms with Crippen LogP contribution in [0.3, 0.4) is 0 Å². The van der Waals surface area contributed by atoms with Crippen LogP contribution < -0.4 is 9.47 Å². The van der Waals surface area contributed by atoms with Crippen LogP contribution in [0, 0.1) is 23.2 Å². The fourth-order valence-electron chi connectivity index (χ4n) is 7.17.